The van der Waals surface area contributed by atoms with Crippen LogP contribution >= 0.6 is 24.0 Å². The van der Waals surface area contributed by atoms with Gasteiger partial charge in [0.25, 0.3) is 0 Å². The van der Waals surface area contributed by atoms with Crippen LogP contribution in [0.5, 0.6) is 5.75 Å². The van der Waals surface area contributed by atoms with Crippen LogP contribution in [0.4, 0.5) is 4.39 Å². The van der Waals surface area contributed by atoms with Gasteiger partial charge in [0, 0.05) is 13.6 Å². The van der Waals surface area contributed by atoms with Gasteiger partial charge in [-0.15, -0.1) is 24.0 Å². The number of hydrogen-bond donors (Lipinski definition) is 2. The fraction of sp³-hybridized carbons (Fsp3) is 0.278. The molecule has 2 N–H and O–H groups in total. The minimum absolute atomic E-state index is 0. The first-order valence-corrected chi connectivity index (χ1v) is 7.58. The van der Waals surface area contributed by atoms with Crippen LogP contribution in [0.3, 0.4) is 0 Å². The quantitative estimate of drug-likeness (QED) is 0.408. The van der Waals surface area contributed by atoms with Crippen LogP contribution in [0.1, 0.15) is 12.5 Å². The molecule has 2 aromatic carbocycles. The zero-order chi connectivity index (χ0) is 16.5. The second-order valence-corrected chi connectivity index (χ2v) is 5.17. The van der Waals surface area contributed by atoms with E-state index in [4.69, 9.17) is 4.74 Å². The summed E-state index contributed by atoms with van der Waals surface area (Å²) in [6, 6.07) is 16.1. The first-order valence-electron chi connectivity index (χ1n) is 7.58. The maximum atomic E-state index is 12.9. The fourth-order valence-electron chi connectivity index (χ4n) is 2.02. The van der Waals surface area contributed by atoms with Crippen molar-refractivity contribution in [1.29, 1.82) is 0 Å². The van der Waals surface area contributed by atoms with Crippen molar-refractivity contribution in [2.45, 2.75) is 19.6 Å². The summed E-state index contributed by atoms with van der Waals surface area (Å²) in [7, 11) is 1.71. The first-order chi connectivity index (χ1) is 11.2. The first kappa shape index (κ1) is 20.2. The van der Waals surface area contributed by atoms with Crippen LogP contribution in [0.25, 0.3) is 0 Å². The second kappa shape index (κ2) is 10.9. The summed E-state index contributed by atoms with van der Waals surface area (Å²) in [6.45, 7) is 3.19. The Bertz CT molecular complexity index is 620. The summed E-state index contributed by atoms with van der Waals surface area (Å²) in [6.07, 6.45) is 0.00164. The Balaban J connectivity index is 0.00000288. The zero-order valence-electron chi connectivity index (χ0n) is 13.8. The lowest BCUT2D eigenvalue weighted by molar-refractivity contribution is 0.224. The summed E-state index contributed by atoms with van der Waals surface area (Å²) in [5, 5.41) is 6.40. The van der Waals surface area contributed by atoms with Gasteiger partial charge < -0.3 is 15.4 Å². The van der Waals surface area contributed by atoms with Crippen molar-refractivity contribution in [2.24, 2.45) is 4.99 Å². The highest BCUT2D eigenvalue weighted by Gasteiger charge is 2.05. The van der Waals surface area contributed by atoms with Gasteiger partial charge in [-0.25, -0.2) is 4.39 Å². The molecular formula is C18H23FIN3O. The van der Waals surface area contributed by atoms with Crippen molar-refractivity contribution in [3.63, 3.8) is 0 Å². The van der Waals surface area contributed by atoms with Gasteiger partial charge >= 0.3 is 0 Å². The van der Waals surface area contributed by atoms with Gasteiger partial charge in [0.15, 0.2) is 5.96 Å². The average Bonchev–Trinajstić information content (AvgIpc) is 2.57. The molecule has 0 fully saturated rings. The number of ether oxygens (including phenoxy) is 1. The zero-order valence-corrected chi connectivity index (χ0v) is 16.2. The van der Waals surface area contributed by atoms with Crippen LogP contribution in [-0.2, 0) is 6.54 Å². The summed E-state index contributed by atoms with van der Waals surface area (Å²) in [5.41, 5.74) is 0.989. The molecule has 24 heavy (non-hydrogen) atoms. The van der Waals surface area contributed by atoms with Crippen molar-refractivity contribution in [1.82, 2.24) is 10.6 Å². The molecule has 1 unspecified atom stereocenters. The summed E-state index contributed by atoms with van der Waals surface area (Å²) < 4.78 is 18.7. The molecule has 6 heteroatoms. The van der Waals surface area contributed by atoms with Crippen LogP contribution < -0.4 is 15.4 Å². The number of rotatable bonds is 6. The average molecular weight is 443 g/mol. The SMILES string of the molecule is CN=C(NCc1ccc(F)cc1)NCC(C)Oc1ccccc1.I. The normalized spacial score (nSPS) is 12.0. The molecule has 0 saturated heterocycles. The van der Waals surface area contributed by atoms with Gasteiger partial charge in [-0.2, -0.15) is 0 Å². The summed E-state index contributed by atoms with van der Waals surface area (Å²) >= 11 is 0. The number of nitrogens with zero attached hydrogens (tertiary/aromatic N) is 1. The Kier molecular flexibility index (Phi) is 9.14. The molecule has 0 aliphatic rings. The molecule has 2 rings (SSSR count). The Morgan fingerprint density at radius 2 is 1.75 bits per heavy atom. The van der Waals surface area contributed by atoms with E-state index in [1.807, 2.05) is 37.3 Å². The van der Waals surface area contributed by atoms with Gasteiger partial charge in [-0.05, 0) is 36.8 Å². The monoisotopic (exact) mass is 443 g/mol. The molecule has 0 spiro atoms. The topological polar surface area (TPSA) is 45.7 Å². The standard InChI is InChI=1S/C18H22FN3O.HI/c1-14(23-17-6-4-3-5-7-17)12-21-18(20-2)22-13-15-8-10-16(19)11-9-15;/h3-11,14H,12-13H2,1-2H3,(H2,20,21,22);1H. The van der Waals surface area contributed by atoms with E-state index in [0.29, 0.717) is 19.0 Å². The highest BCUT2D eigenvalue weighted by Crippen LogP contribution is 2.10. The number of aliphatic imine (C=N–C) groups is 1. The predicted octanol–water partition coefficient (Wildman–Crippen LogP) is 3.58. The van der Waals surface area contributed by atoms with E-state index >= 15 is 0 Å². The number of guanidine groups is 1. The molecule has 0 aliphatic heterocycles. The number of hydrogen-bond acceptors (Lipinski definition) is 2. The number of benzene rings is 2. The molecule has 1 atom stereocenters. The third kappa shape index (κ3) is 7.16. The molecule has 0 amide bonds. The fourth-order valence-corrected chi connectivity index (χ4v) is 2.02. The van der Waals surface area contributed by atoms with Crippen LogP contribution in [0, 0.1) is 5.82 Å². The van der Waals surface area contributed by atoms with Gasteiger partial charge in [-0.3, -0.25) is 4.99 Å². The van der Waals surface area contributed by atoms with Crippen molar-refractivity contribution < 1.29 is 9.13 Å². The smallest absolute Gasteiger partial charge is 0.191 e. The summed E-state index contributed by atoms with van der Waals surface area (Å²) in [5.74, 6) is 1.29. The molecule has 0 saturated carbocycles. The molecule has 130 valence electrons. The number of halogens is 2. The largest absolute Gasteiger partial charge is 0.489 e. The lowest BCUT2D eigenvalue weighted by atomic mass is 10.2. The molecule has 0 aliphatic carbocycles. The van der Waals surface area contributed by atoms with Crippen LogP contribution in [0.15, 0.2) is 59.6 Å². The van der Waals surface area contributed by atoms with Gasteiger partial charge in [0.05, 0.1) is 6.54 Å². The van der Waals surface area contributed by atoms with Gasteiger partial charge in [0.2, 0.25) is 0 Å². The van der Waals surface area contributed by atoms with Crippen LogP contribution in [0.2, 0.25) is 0 Å². The van der Waals surface area contributed by atoms with E-state index in [-0.39, 0.29) is 35.9 Å². The van der Waals surface area contributed by atoms with E-state index in [2.05, 4.69) is 15.6 Å². The predicted molar refractivity (Wildman–Crippen MR) is 107 cm³/mol. The Morgan fingerprint density at radius 1 is 1.08 bits per heavy atom. The van der Waals surface area contributed by atoms with Gasteiger partial charge in [0.1, 0.15) is 17.7 Å². The highest BCUT2D eigenvalue weighted by molar-refractivity contribution is 14.0. The van der Waals surface area contributed by atoms with Crippen molar-refractivity contribution in [3.8, 4) is 5.75 Å². The summed E-state index contributed by atoms with van der Waals surface area (Å²) in [4.78, 5) is 4.16. The Morgan fingerprint density at radius 3 is 2.38 bits per heavy atom. The van der Waals surface area contributed by atoms with E-state index < -0.39 is 0 Å². The van der Waals surface area contributed by atoms with E-state index in [9.17, 15) is 4.39 Å². The Labute approximate surface area is 159 Å². The van der Waals surface area contributed by atoms with Crippen LogP contribution in [-0.4, -0.2) is 25.7 Å². The molecule has 2 aromatic rings. The van der Waals surface area contributed by atoms with E-state index in [1.165, 1.54) is 12.1 Å². The van der Waals surface area contributed by atoms with Gasteiger partial charge in [-0.1, -0.05) is 30.3 Å². The number of para-hydroxylation sites is 1. The van der Waals surface area contributed by atoms with Crippen molar-refractivity contribution in [2.75, 3.05) is 13.6 Å². The minimum atomic E-state index is -0.233. The lowest BCUT2D eigenvalue weighted by Crippen LogP contribution is -2.41. The van der Waals surface area contributed by atoms with E-state index in [0.717, 1.165) is 11.3 Å². The second-order valence-electron chi connectivity index (χ2n) is 5.17. The molecule has 0 heterocycles. The lowest BCUT2D eigenvalue weighted by Gasteiger charge is -2.17. The molecule has 4 nitrogen and oxygen atoms in total. The molecule has 0 aromatic heterocycles. The van der Waals surface area contributed by atoms with E-state index in [1.54, 1.807) is 19.2 Å². The minimum Gasteiger partial charge on any atom is -0.489 e. The highest BCUT2D eigenvalue weighted by atomic mass is 127. The molecule has 0 radical (unpaired) electrons. The Hall–Kier alpha value is -1.83. The molecular weight excluding hydrogens is 420 g/mol. The number of nitrogens with one attached hydrogen (secondary N) is 2. The third-order valence-electron chi connectivity index (χ3n) is 3.23. The third-order valence-corrected chi connectivity index (χ3v) is 3.23. The van der Waals surface area contributed by atoms with Crippen molar-refractivity contribution in [3.05, 3.63) is 66.0 Å². The maximum Gasteiger partial charge on any atom is 0.191 e. The maximum absolute atomic E-state index is 12.9. The molecule has 0 bridgehead atoms. The van der Waals surface area contributed by atoms with Crippen molar-refractivity contribution >= 4 is 29.9 Å².